The largest absolute Gasteiger partial charge is 0.344 e. The molecule has 0 radical (unpaired) electrons. The molecule has 0 aliphatic rings. The van der Waals surface area contributed by atoms with Gasteiger partial charge in [0.1, 0.15) is 0 Å². The van der Waals surface area contributed by atoms with Crippen molar-refractivity contribution >= 4 is 28.8 Å². The summed E-state index contributed by atoms with van der Waals surface area (Å²) in [6, 6.07) is 15.0. The topological polar surface area (TPSA) is 48.2 Å². The van der Waals surface area contributed by atoms with Crippen LogP contribution in [0.25, 0.3) is 0 Å². The third-order valence-electron chi connectivity index (χ3n) is 2.98. The number of hydrogen-bond acceptors (Lipinski definition) is 2. The summed E-state index contributed by atoms with van der Waals surface area (Å²) in [4.78, 5) is 4.09. The lowest BCUT2D eigenvalue weighted by Crippen LogP contribution is -2.12. The number of nitrogens with zero attached hydrogens (tertiary/aromatic N) is 1. The Balaban J connectivity index is 2.37. The van der Waals surface area contributed by atoms with Crippen molar-refractivity contribution in [3.8, 4) is 0 Å². The first-order chi connectivity index (χ1) is 9.61. The first-order valence-electron chi connectivity index (χ1n) is 6.26. The van der Waals surface area contributed by atoms with Gasteiger partial charge in [-0.25, -0.2) is 0 Å². The smallest absolute Gasteiger partial charge is 0.0972 e. The number of nitrogens with one attached hydrogen (secondary N) is 2. The van der Waals surface area contributed by atoms with Crippen LogP contribution in [0.4, 0.5) is 5.69 Å². The summed E-state index contributed by atoms with van der Waals surface area (Å²) in [5.74, 6) is 0.807. The molecule has 0 spiro atoms. The number of amidine groups is 1. The molecule has 0 saturated carbocycles. The van der Waals surface area contributed by atoms with Crippen LogP contribution < -0.4 is 5.32 Å². The molecule has 20 heavy (non-hydrogen) atoms. The fourth-order valence-corrected chi connectivity index (χ4v) is 1.96. The number of rotatable bonds is 3. The summed E-state index contributed by atoms with van der Waals surface area (Å²) < 4.78 is 0. The van der Waals surface area contributed by atoms with Gasteiger partial charge in [0.2, 0.25) is 0 Å². The van der Waals surface area contributed by atoms with Crippen LogP contribution in [0.15, 0.2) is 53.5 Å². The van der Waals surface area contributed by atoms with Gasteiger partial charge in [0.15, 0.2) is 0 Å². The first kappa shape index (κ1) is 14.3. The third kappa shape index (κ3) is 3.25. The average Bonchev–Trinajstić information content (AvgIpc) is 2.48. The van der Waals surface area contributed by atoms with Crippen LogP contribution >= 0.6 is 11.6 Å². The SMILES string of the molecule is CN=C(C)Nc1ccccc1C(=N)c1ccc(Cl)cc1. The summed E-state index contributed by atoms with van der Waals surface area (Å²) in [6.45, 7) is 1.89. The zero-order valence-electron chi connectivity index (χ0n) is 11.4. The van der Waals surface area contributed by atoms with Crippen LogP contribution in [0.2, 0.25) is 5.02 Å². The normalized spacial score (nSPS) is 11.2. The molecule has 4 heteroatoms. The van der Waals surface area contributed by atoms with E-state index in [0.29, 0.717) is 10.7 Å². The highest BCUT2D eigenvalue weighted by atomic mass is 35.5. The van der Waals surface area contributed by atoms with Gasteiger partial charge in [-0.3, -0.25) is 10.4 Å². The Morgan fingerprint density at radius 3 is 2.40 bits per heavy atom. The maximum Gasteiger partial charge on any atom is 0.0972 e. The van der Waals surface area contributed by atoms with Crippen LogP contribution in [0.1, 0.15) is 18.1 Å². The Morgan fingerprint density at radius 1 is 1.10 bits per heavy atom. The van der Waals surface area contributed by atoms with Crippen molar-refractivity contribution in [3.63, 3.8) is 0 Å². The molecule has 0 aliphatic carbocycles. The Hall–Kier alpha value is -2.13. The molecule has 0 fully saturated rings. The fourth-order valence-electron chi connectivity index (χ4n) is 1.83. The molecular formula is C16H16ClN3. The number of halogens is 1. The molecule has 0 unspecified atom stereocenters. The van der Waals surface area contributed by atoms with E-state index < -0.39 is 0 Å². The van der Waals surface area contributed by atoms with E-state index in [1.807, 2.05) is 43.3 Å². The Morgan fingerprint density at radius 2 is 1.75 bits per heavy atom. The molecule has 0 aromatic heterocycles. The first-order valence-corrected chi connectivity index (χ1v) is 6.64. The number of hydrogen-bond donors (Lipinski definition) is 2. The average molecular weight is 286 g/mol. The number of anilines is 1. The quantitative estimate of drug-likeness (QED) is 0.644. The second-order valence-electron chi connectivity index (χ2n) is 4.36. The molecule has 2 rings (SSSR count). The summed E-state index contributed by atoms with van der Waals surface area (Å²) in [5.41, 5.74) is 2.98. The minimum Gasteiger partial charge on any atom is -0.344 e. The number of aliphatic imine (C=N–C) groups is 1. The van der Waals surface area contributed by atoms with E-state index >= 15 is 0 Å². The second-order valence-corrected chi connectivity index (χ2v) is 4.80. The van der Waals surface area contributed by atoms with Crippen molar-refractivity contribution in [1.82, 2.24) is 0 Å². The minimum absolute atomic E-state index is 0.452. The van der Waals surface area contributed by atoms with Gasteiger partial charge in [0.05, 0.1) is 11.5 Å². The predicted octanol–water partition coefficient (Wildman–Crippen LogP) is 4.22. The van der Waals surface area contributed by atoms with Crippen molar-refractivity contribution in [3.05, 3.63) is 64.7 Å². The van der Waals surface area contributed by atoms with E-state index in [-0.39, 0.29) is 0 Å². The standard InChI is InChI=1S/C16H16ClN3/c1-11(19-2)20-15-6-4-3-5-14(15)16(18)12-7-9-13(17)10-8-12/h3-10,18H,1-2H3,(H,19,20). The van der Waals surface area contributed by atoms with Crippen molar-refractivity contribution in [2.24, 2.45) is 4.99 Å². The van der Waals surface area contributed by atoms with E-state index in [9.17, 15) is 0 Å². The predicted molar refractivity (Wildman–Crippen MR) is 86.5 cm³/mol. The van der Waals surface area contributed by atoms with E-state index in [2.05, 4.69) is 10.3 Å². The highest BCUT2D eigenvalue weighted by Crippen LogP contribution is 2.20. The maximum atomic E-state index is 8.36. The molecule has 0 heterocycles. The van der Waals surface area contributed by atoms with Crippen molar-refractivity contribution in [2.75, 3.05) is 12.4 Å². The molecule has 2 aromatic rings. The lowest BCUT2D eigenvalue weighted by atomic mass is 10.0. The highest BCUT2D eigenvalue weighted by molar-refractivity contribution is 6.30. The molecule has 2 N–H and O–H groups in total. The van der Waals surface area contributed by atoms with Gasteiger partial charge in [0, 0.05) is 28.9 Å². The van der Waals surface area contributed by atoms with E-state index in [1.165, 1.54) is 0 Å². The third-order valence-corrected chi connectivity index (χ3v) is 3.23. The molecular weight excluding hydrogens is 270 g/mol. The Kier molecular flexibility index (Phi) is 4.53. The van der Waals surface area contributed by atoms with Crippen LogP contribution in [-0.2, 0) is 0 Å². The molecule has 102 valence electrons. The lowest BCUT2D eigenvalue weighted by Gasteiger charge is -2.12. The molecule has 0 amide bonds. The van der Waals surface area contributed by atoms with Gasteiger partial charge in [-0.15, -0.1) is 0 Å². The monoisotopic (exact) mass is 285 g/mol. The molecule has 0 bridgehead atoms. The van der Waals surface area contributed by atoms with Gasteiger partial charge in [0.25, 0.3) is 0 Å². The summed E-state index contributed by atoms with van der Waals surface area (Å²) in [7, 11) is 1.73. The van der Waals surface area contributed by atoms with Gasteiger partial charge in [-0.1, -0.05) is 41.9 Å². The van der Waals surface area contributed by atoms with Gasteiger partial charge in [-0.2, -0.15) is 0 Å². The van der Waals surface area contributed by atoms with E-state index in [0.717, 1.165) is 22.6 Å². The van der Waals surface area contributed by atoms with Crippen molar-refractivity contribution in [2.45, 2.75) is 6.92 Å². The molecule has 0 atom stereocenters. The zero-order valence-corrected chi connectivity index (χ0v) is 12.2. The van der Waals surface area contributed by atoms with Crippen molar-refractivity contribution in [1.29, 1.82) is 5.41 Å². The maximum absolute atomic E-state index is 8.36. The number of benzene rings is 2. The fraction of sp³-hybridized carbons (Fsp3) is 0.125. The molecule has 0 aliphatic heterocycles. The summed E-state index contributed by atoms with van der Waals surface area (Å²) in [5, 5.41) is 12.2. The minimum atomic E-state index is 0.452. The van der Waals surface area contributed by atoms with E-state index in [4.69, 9.17) is 17.0 Å². The second kappa shape index (κ2) is 6.35. The highest BCUT2D eigenvalue weighted by Gasteiger charge is 2.09. The van der Waals surface area contributed by atoms with Crippen molar-refractivity contribution < 1.29 is 0 Å². The van der Waals surface area contributed by atoms with Gasteiger partial charge < -0.3 is 5.32 Å². The van der Waals surface area contributed by atoms with Crippen LogP contribution in [-0.4, -0.2) is 18.6 Å². The lowest BCUT2D eigenvalue weighted by molar-refractivity contribution is 1.39. The Labute approximate surface area is 123 Å². The number of para-hydroxylation sites is 1. The van der Waals surface area contributed by atoms with Gasteiger partial charge in [-0.05, 0) is 25.1 Å². The van der Waals surface area contributed by atoms with Crippen LogP contribution in [0.3, 0.4) is 0 Å². The van der Waals surface area contributed by atoms with Crippen LogP contribution in [0, 0.1) is 5.41 Å². The Bertz CT molecular complexity index is 645. The van der Waals surface area contributed by atoms with Crippen LogP contribution in [0.5, 0.6) is 0 Å². The van der Waals surface area contributed by atoms with Gasteiger partial charge >= 0.3 is 0 Å². The zero-order chi connectivity index (χ0) is 14.5. The molecule has 2 aromatic carbocycles. The molecule has 3 nitrogen and oxygen atoms in total. The van der Waals surface area contributed by atoms with E-state index in [1.54, 1.807) is 19.2 Å². The summed E-state index contributed by atoms with van der Waals surface area (Å²) in [6.07, 6.45) is 0. The summed E-state index contributed by atoms with van der Waals surface area (Å²) >= 11 is 5.88. The molecule has 0 saturated heterocycles.